The summed E-state index contributed by atoms with van der Waals surface area (Å²) < 4.78 is 1.35. The van der Waals surface area contributed by atoms with Crippen LogP contribution in [-0.4, -0.2) is 44.6 Å². The van der Waals surface area contributed by atoms with Gasteiger partial charge in [-0.3, -0.25) is 0 Å². The van der Waals surface area contributed by atoms with E-state index in [1.54, 1.807) is 0 Å². The van der Waals surface area contributed by atoms with E-state index in [1.165, 1.54) is 154 Å². The summed E-state index contributed by atoms with van der Waals surface area (Å²) in [6, 6.07) is 0. The minimum absolute atomic E-state index is 0. The van der Waals surface area contributed by atoms with Gasteiger partial charge < -0.3 is 59.5 Å². The molecule has 0 rings (SSSR count). The van der Waals surface area contributed by atoms with E-state index >= 15 is 0 Å². The Morgan fingerprint density at radius 2 is 0.537 bits per heavy atom. The number of unbranched alkanes of at least 4 members (excludes halogenated alkanes) is 20. The SMILES string of the molecule is CCCCCCCCN(CCCCCCCC)C(=S)[S-].CCCCCCCCN(CCCCCCCC)C(=S)[S-].[Zn+2]. The van der Waals surface area contributed by atoms with Gasteiger partial charge in [-0.2, -0.15) is 0 Å². The van der Waals surface area contributed by atoms with Gasteiger partial charge in [0, 0.05) is 26.2 Å². The first-order valence-electron chi connectivity index (χ1n) is 17.4. The normalized spacial score (nSPS) is 10.4. The average Bonchev–Trinajstić information content (AvgIpc) is 2.93. The molecule has 0 aromatic carbocycles. The van der Waals surface area contributed by atoms with Crippen molar-refractivity contribution in [2.75, 3.05) is 26.2 Å². The van der Waals surface area contributed by atoms with Crippen LogP contribution in [0.5, 0.6) is 0 Å². The van der Waals surface area contributed by atoms with Crippen LogP contribution in [0.15, 0.2) is 0 Å². The Morgan fingerprint density at radius 1 is 0.366 bits per heavy atom. The summed E-state index contributed by atoms with van der Waals surface area (Å²) in [5, 5.41) is 0. The zero-order chi connectivity index (χ0) is 30.1. The van der Waals surface area contributed by atoms with E-state index in [0.29, 0.717) is 8.64 Å². The van der Waals surface area contributed by atoms with Crippen LogP contribution >= 0.6 is 24.4 Å². The minimum atomic E-state index is 0. The van der Waals surface area contributed by atoms with Gasteiger partial charge in [0.05, 0.1) is 0 Å². The molecular formula is C34H68N2S4Zn. The molecule has 0 aromatic rings. The number of nitrogens with zero attached hydrogens (tertiary/aromatic N) is 2. The summed E-state index contributed by atoms with van der Waals surface area (Å²) in [7, 11) is 0. The van der Waals surface area contributed by atoms with Gasteiger partial charge in [-0.25, -0.2) is 0 Å². The minimum Gasteiger partial charge on any atom is -0.411 e. The van der Waals surface area contributed by atoms with Crippen molar-refractivity contribution in [1.29, 1.82) is 0 Å². The molecule has 0 aliphatic heterocycles. The third-order valence-corrected chi connectivity index (χ3v) is 8.68. The molecule has 0 amide bonds. The zero-order valence-corrected chi connectivity index (χ0v) is 34.3. The molecule has 7 heteroatoms. The first kappa shape index (κ1) is 46.3. The van der Waals surface area contributed by atoms with E-state index in [9.17, 15) is 0 Å². The third kappa shape index (κ3) is 36.9. The molecule has 0 spiro atoms. The third-order valence-electron chi connectivity index (χ3n) is 7.64. The maximum absolute atomic E-state index is 5.20. The van der Waals surface area contributed by atoms with Crippen molar-refractivity contribution in [3.63, 3.8) is 0 Å². The standard InChI is InChI=1S/2C17H35NS2.Zn/c2*1-3-5-7-9-11-13-15-18(17(19)20)16-14-12-10-8-6-4-2;/h2*3-16H2,1-2H3,(H,19,20);/q;;+2/p-2. The fourth-order valence-electron chi connectivity index (χ4n) is 4.92. The Hall–Kier alpha value is 0.843. The zero-order valence-electron chi connectivity index (χ0n) is 28.0. The molecule has 0 bridgehead atoms. The van der Waals surface area contributed by atoms with E-state index in [0.717, 1.165) is 26.2 Å². The largest absolute Gasteiger partial charge is 2.00 e. The maximum atomic E-state index is 5.20. The van der Waals surface area contributed by atoms with Crippen molar-refractivity contribution < 1.29 is 19.5 Å². The van der Waals surface area contributed by atoms with E-state index in [1.807, 2.05) is 0 Å². The summed E-state index contributed by atoms with van der Waals surface area (Å²) >= 11 is 20.8. The summed E-state index contributed by atoms with van der Waals surface area (Å²) in [6.07, 6.45) is 32.0. The topological polar surface area (TPSA) is 6.48 Å². The molecule has 2 nitrogen and oxygen atoms in total. The van der Waals surface area contributed by atoms with Crippen LogP contribution in [0.4, 0.5) is 0 Å². The van der Waals surface area contributed by atoms with E-state index in [2.05, 4.69) is 37.5 Å². The van der Waals surface area contributed by atoms with Gasteiger partial charge in [-0.05, 0) is 25.7 Å². The Kier molecular flexibility index (Phi) is 43.9. The smallest absolute Gasteiger partial charge is 0.411 e. The van der Waals surface area contributed by atoms with Crippen molar-refractivity contribution in [2.24, 2.45) is 0 Å². The van der Waals surface area contributed by atoms with Crippen LogP contribution in [-0.2, 0) is 44.7 Å². The van der Waals surface area contributed by atoms with Crippen molar-refractivity contribution in [3.8, 4) is 0 Å². The number of rotatable bonds is 28. The number of thiocarbonyl (C=S) groups is 2. The number of hydrogen-bond donors (Lipinski definition) is 0. The van der Waals surface area contributed by atoms with Gasteiger partial charge >= 0.3 is 19.5 Å². The molecule has 0 aromatic heterocycles. The molecule has 0 unspecified atom stereocenters. The second-order valence-corrected chi connectivity index (χ2v) is 13.6. The second-order valence-electron chi connectivity index (χ2n) is 11.6. The first-order chi connectivity index (χ1) is 19.4. The van der Waals surface area contributed by atoms with Gasteiger partial charge in [0.2, 0.25) is 0 Å². The molecule has 240 valence electrons. The molecule has 0 heterocycles. The summed E-state index contributed by atoms with van der Waals surface area (Å²) in [4.78, 5) is 4.48. The molecule has 0 radical (unpaired) electrons. The van der Waals surface area contributed by atoms with Crippen LogP contribution in [0, 0.1) is 0 Å². The maximum Gasteiger partial charge on any atom is 2.00 e. The van der Waals surface area contributed by atoms with E-state index in [-0.39, 0.29) is 19.5 Å². The molecule has 41 heavy (non-hydrogen) atoms. The average molecular weight is 699 g/mol. The first-order valence-corrected chi connectivity index (χ1v) is 19.0. The molecular weight excluding hydrogens is 630 g/mol. The van der Waals surface area contributed by atoms with Crippen LogP contribution in [0.1, 0.15) is 182 Å². The Bertz CT molecular complexity index is 459. The fraction of sp³-hybridized carbons (Fsp3) is 0.941. The Morgan fingerprint density at radius 3 is 0.707 bits per heavy atom. The molecule has 0 aliphatic rings. The molecule has 0 N–H and O–H groups in total. The predicted molar refractivity (Wildman–Crippen MR) is 197 cm³/mol. The van der Waals surface area contributed by atoms with Crippen LogP contribution in [0.2, 0.25) is 0 Å². The van der Waals surface area contributed by atoms with E-state index < -0.39 is 0 Å². The molecule has 0 saturated heterocycles. The Balaban J connectivity index is -0.000000688. The van der Waals surface area contributed by atoms with Gasteiger partial charge in [0.1, 0.15) is 0 Å². The van der Waals surface area contributed by atoms with Gasteiger partial charge in [0.25, 0.3) is 0 Å². The quantitative estimate of drug-likeness (QED) is 0.0345. The summed E-state index contributed by atoms with van der Waals surface area (Å²) in [5.74, 6) is 0. The van der Waals surface area contributed by atoms with Gasteiger partial charge in [-0.1, -0.05) is 165 Å². The number of hydrogen-bond acceptors (Lipinski definition) is 4. The fourth-order valence-corrected chi connectivity index (χ4v) is 5.65. The van der Waals surface area contributed by atoms with Crippen LogP contribution in [0.3, 0.4) is 0 Å². The predicted octanol–water partition coefficient (Wildman–Crippen LogP) is 11.7. The summed E-state index contributed by atoms with van der Waals surface area (Å²) in [6.45, 7) is 13.3. The van der Waals surface area contributed by atoms with Gasteiger partial charge in [-0.15, -0.1) is 0 Å². The van der Waals surface area contributed by atoms with Crippen molar-refractivity contribution in [3.05, 3.63) is 0 Å². The monoisotopic (exact) mass is 696 g/mol. The van der Waals surface area contributed by atoms with Crippen molar-refractivity contribution >= 4 is 58.3 Å². The van der Waals surface area contributed by atoms with Gasteiger partial charge in [0.15, 0.2) is 0 Å². The van der Waals surface area contributed by atoms with Crippen LogP contribution in [0.25, 0.3) is 0 Å². The summed E-state index contributed by atoms with van der Waals surface area (Å²) in [5.41, 5.74) is 0. The second kappa shape index (κ2) is 38.9. The van der Waals surface area contributed by atoms with Crippen LogP contribution < -0.4 is 0 Å². The molecule has 0 saturated carbocycles. The van der Waals surface area contributed by atoms with E-state index in [4.69, 9.17) is 49.7 Å². The molecule has 0 aliphatic carbocycles. The molecule has 0 atom stereocenters. The van der Waals surface area contributed by atoms with Crippen molar-refractivity contribution in [1.82, 2.24) is 9.80 Å². The van der Waals surface area contributed by atoms with Crippen molar-refractivity contribution in [2.45, 2.75) is 182 Å². The Labute approximate surface area is 293 Å². The molecule has 0 fully saturated rings.